The molecule has 0 heteroatoms. The van der Waals surface area contributed by atoms with Crippen LogP contribution in [0.25, 0.3) is 66.1 Å². The van der Waals surface area contributed by atoms with Crippen LogP contribution in [0.4, 0.5) is 0 Å². The quantitative estimate of drug-likeness (QED) is 0.219. The van der Waals surface area contributed by atoms with Crippen LogP contribution in [0.3, 0.4) is 0 Å². The van der Waals surface area contributed by atoms with Crippen molar-refractivity contribution in [2.45, 2.75) is 0 Å². The third kappa shape index (κ3) is 3.88. The maximum Gasteiger partial charge on any atom is -0.00262 e. The fourth-order valence-corrected chi connectivity index (χ4v) is 5.68. The topological polar surface area (TPSA) is 0 Å². The second-order valence-corrected chi connectivity index (χ2v) is 9.73. The van der Waals surface area contributed by atoms with E-state index in [1.807, 2.05) is 0 Å². The molecule has 7 aromatic carbocycles. The zero-order valence-corrected chi connectivity index (χ0v) is 21.0. The Morgan fingerprint density at radius 2 is 0.553 bits per heavy atom. The Hall–Kier alpha value is -4.94. The van der Waals surface area contributed by atoms with Gasteiger partial charge in [-0.05, 0) is 72.1 Å². The van der Waals surface area contributed by atoms with E-state index in [1.54, 1.807) is 0 Å². The van der Waals surface area contributed by atoms with E-state index < -0.39 is 0 Å². The van der Waals surface area contributed by atoms with E-state index >= 15 is 0 Å². The van der Waals surface area contributed by atoms with Gasteiger partial charge in [-0.15, -0.1) is 0 Å². The summed E-state index contributed by atoms with van der Waals surface area (Å²) in [7, 11) is 0. The van der Waals surface area contributed by atoms with Gasteiger partial charge in [0.2, 0.25) is 0 Å². The Kier molecular flexibility index (Phi) is 5.57. The summed E-state index contributed by atoms with van der Waals surface area (Å²) < 4.78 is 0. The molecule has 0 radical (unpaired) electrons. The van der Waals surface area contributed by atoms with Crippen molar-refractivity contribution in [2.75, 3.05) is 0 Å². The number of fused-ring (bicyclic) bond motifs is 2. The molecule has 178 valence electrons. The van der Waals surface area contributed by atoms with Crippen LogP contribution in [0.2, 0.25) is 0 Å². The second kappa shape index (κ2) is 9.50. The van der Waals surface area contributed by atoms with Crippen LogP contribution in [-0.4, -0.2) is 0 Å². The molecule has 0 aliphatic rings. The van der Waals surface area contributed by atoms with Crippen LogP contribution in [0, 0.1) is 0 Å². The molecular weight excluding hydrogens is 456 g/mol. The molecule has 0 N–H and O–H groups in total. The second-order valence-electron chi connectivity index (χ2n) is 9.73. The standard InChI is InChI=1S/C38H26/c1-4-12-27(13-5-1)28-20-22-29(23-21-28)32-24-25-35-36(26-32)38(31-16-8-3-9-17-31)34-19-11-10-18-33(34)37(35)30-14-6-2-7-15-30/h1-26H. The molecule has 7 rings (SSSR count). The van der Waals surface area contributed by atoms with Crippen molar-refractivity contribution in [3.05, 3.63) is 158 Å². The Morgan fingerprint density at radius 3 is 1.08 bits per heavy atom. The Morgan fingerprint density at radius 1 is 0.211 bits per heavy atom. The Bertz CT molecular complexity index is 1870. The van der Waals surface area contributed by atoms with Gasteiger partial charge in [0.25, 0.3) is 0 Å². The number of hydrogen-bond acceptors (Lipinski definition) is 0. The molecule has 7 aromatic rings. The van der Waals surface area contributed by atoms with Gasteiger partial charge in [0.05, 0.1) is 0 Å². The fourth-order valence-electron chi connectivity index (χ4n) is 5.68. The lowest BCUT2D eigenvalue weighted by atomic mass is 9.85. The SMILES string of the molecule is c1ccc(-c2ccc(-c3ccc4c(-c5ccccc5)c5ccccc5c(-c5ccccc5)c4c3)cc2)cc1. The average Bonchev–Trinajstić information content (AvgIpc) is 3.01. The molecule has 0 aliphatic heterocycles. The van der Waals surface area contributed by atoms with Crippen molar-refractivity contribution in [3.63, 3.8) is 0 Å². The summed E-state index contributed by atoms with van der Waals surface area (Å²) in [5.41, 5.74) is 9.99. The highest BCUT2D eigenvalue weighted by atomic mass is 14.2. The molecule has 0 spiro atoms. The number of rotatable bonds is 4. The first-order valence-electron chi connectivity index (χ1n) is 13.1. The van der Waals surface area contributed by atoms with Crippen LogP contribution in [0.15, 0.2) is 158 Å². The number of hydrogen-bond donors (Lipinski definition) is 0. The maximum absolute atomic E-state index is 2.38. The first kappa shape index (κ1) is 22.3. The van der Waals surface area contributed by atoms with Gasteiger partial charge in [0.1, 0.15) is 0 Å². The predicted molar refractivity (Wildman–Crippen MR) is 163 cm³/mol. The summed E-state index contributed by atoms with van der Waals surface area (Å²) in [4.78, 5) is 0. The van der Waals surface area contributed by atoms with E-state index in [0.29, 0.717) is 0 Å². The van der Waals surface area contributed by atoms with Crippen molar-refractivity contribution in [3.8, 4) is 44.5 Å². The van der Waals surface area contributed by atoms with Gasteiger partial charge in [-0.1, -0.05) is 152 Å². The van der Waals surface area contributed by atoms with Gasteiger partial charge in [-0.3, -0.25) is 0 Å². The van der Waals surface area contributed by atoms with Gasteiger partial charge in [-0.25, -0.2) is 0 Å². The van der Waals surface area contributed by atoms with Crippen molar-refractivity contribution < 1.29 is 0 Å². The molecule has 0 unspecified atom stereocenters. The van der Waals surface area contributed by atoms with Gasteiger partial charge in [0, 0.05) is 0 Å². The maximum atomic E-state index is 2.38. The van der Waals surface area contributed by atoms with Gasteiger partial charge < -0.3 is 0 Å². The third-order valence-electron chi connectivity index (χ3n) is 7.47. The van der Waals surface area contributed by atoms with Crippen LogP contribution in [-0.2, 0) is 0 Å². The summed E-state index contributed by atoms with van der Waals surface area (Å²) in [5, 5.41) is 5.11. The lowest BCUT2D eigenvalue weighted by Crippen LogP contribution is -1.91. The van der Waals surface area contributed by atoms with Crippen molar-refractivity contribution in [1.82, 2.24) is 0 Å². The highest BCUT2D eigenvalue weighted by Gasteiger charge is 2.17. The zero-order chi connectivity index (χ0) is 25.3. The smallest absolute Gasteiger partial charge is 0.00262 e. The van der Waals surface area contributed by atoms with Crippen LogP contribution in [0.1, 0.15) is 0 Å². The molecule has 38 heavy (non-hydrogen) atoms. The molecule has 0 aliphatic carbocycles. The van der Waals surface area contributed by atoms with Crippen LogP contribution < -0.4 is 0 Å². The summed E-state index contributed by atoms with van der Waals surface area (Å²) in [5.74, 6) is 0. The fraction of sp³-hybridized carbons (Fsp3) is 0. The lowest BCUT2D eigenvalue weighted by molar-refractivity contribution is 1.60. The molecule has 0 heterocycles. The summed E-state index contributed by atoms with van der Waals surface area (Å²) in [6, 6.07) is 56.9. The Labute approximate surface area is 223 Å². The van der Waals surface area contributed by atoms with Crippen molar-refractivity contribution in [2.24, 2.45) is 0 Å². The summed E-state index contributed by atoms with van der Waals surface area (Å²) >= 11 is 0. The normalized spacial score (nSPS) is 11.2. The minimum absolute atomic E-state index is 1.22. The van der Waals surface area contributed by atoms with Crippen molar-refractivity contribution in [1.29, 1.82) is 0 Å². The van der Waals surface area contributed by atoms with E-state index in [0.717, 1.165) is 0 Å². The van der Waals surface area contributed by atoms with Crippen LogP contribution >= 0.6 is 0 Å². The van der Waals surface area contributed by atoms with E-state index in [1.165, 1.54) is 66.1 Å². The number of benzene rings is 7. The highest BCUT2D eigenvalue weighted by molar-refractivity contribution is 6.21. The summed E-state index contributed by atoms with van der Waals surface area (Å²) in [6.45, 7) is 0. The van der Waals surface area contributed by atoms with Gasteiger partial charge >= 0.3 is 0 Å². The minimum atomic E-state index is 1.22. The summed E-state index contributed by atoms with van der Waals surface area (Å²) in [6.07, 6.45) is 0. The molecule has 0 nitrogen and oxygen atoms in total. The van der Waals surface area contributed by atoms with E-state index in [4.69, 9.17) is 0 Å². The van der Waals surface area contributed by atoms with E-state index in [-0.39, 0.29) is 0 Å². The largest absolute Gasteiger partial charge is 0.0622 e. The zero-order valence-electron chi connectivity index (χ0n) is 21.0. The monoisotopic (exact) mass is 482 g/mol. The molecular formula is C38H26. The molecule has 0 amide bonds. The van der Waals surface area contributed by atoms with Crippen molar-refractivity contribution >= 4 is 21.5 Å². The molecule has 0 saturated carbocycles. The minimum Gasteiger partial charge on any atom is -0.0622 e. The Balaban J connectivity index is 1.50. The average molecular weight is 483 g/mol. The van der Waals surface area contributed by atoms with Crippen LogP contribution in [0.5, 0.6) is 0 Å². The third-order valence-corrected chi connectivity index (χ3v) is 7.47. The lowest BCUT2D eigenvalue weighted by Gasteiger charge is -2.18. The highest BCUT2D eigenvalue weighted by Crippen LogP contribution is 2.44. The first-order chi connectivity index (χ1) is 18.9. The molecule has 0 atom stereocenters. The van der Waals surface area contributed by atoms with E-state index in [9.17, 15) is 0 Å². The molecule has 0 aromatic heterocycles. The molecule has 0 fully saturated rings. The predicted octanol–water partition coefficient (Wildman–Crippen LogP) is 10.7. The first-order valence-corrected chi connectivity index (χ1v) is 13.1. The van der Waals surface area contributed by atoms with E-state index in [2.05, 4.69) is 158 Å². The molecule has 0 saturated heterocycles. The molecule has 0 bridgehead atoms. The van der Waals surface area contributed by atoms with Gasteiger partial charge in [0.15, 0.2) is 0 Å². The van der Waals surface area contributed by atoms with Gasteiger partial charge in [-0.2, -0.15) is 0 Å².